The van der Waals surface area contributed by atoms with E-state index in [0.717, 1.165) is 19.3 Å². The Labute approximate surface area is 112 Å². The lowest BCUT2D eigenvalue weighted by molar-refractivity contribution is 0.0755. The normalized spacial score (nSPS) is 21.3. The first kappa shape index (κ1) is 15.5. The summed E-state index contributed by atoms with van der Waals surface area (Å²) in [7, 11) is 4.38. The molecule has 1 unspecified atom stereocenters. The molecule has 1 atom stereocenters. The van der Waals surface area contributed by atoms with Crippen molar-refractivity contribution in [2.75, 3.05) is 14.1 Å². The largest absolute Gasteiger partial charge is 0.302 e. The number of hydrogen-bond acceptors (Lipinski definition) is 3. The van der Waals surface area contributed by atoms with Crippen LogP contribution in [0, 0.1) is 12.3 Å². The van der Waals surface area contributed by atoms with Gasteiger partial charge in [0.1, 0.15) is 0 Å². The second-order valence-electron chi connectivity index (χ2n) is 5.73. The van der Waals surface area contributed by atoms with Crippen LogP contribution in [0.1, 0.15) is 57.8 Å². The fourth-order valence-corrected chi connectivity index (χ4v) is 3.36. The highest BCUT2D eigenvalue weighted by molar-refractivity contribution is 4.99. The number of rotatable bonds is 6. The fraction of sp³-hybridized carbons (Fsp3) is 0.867. The molecule has 1 aliphatic rings. The molecule has 3 N–H and O–H groups in total. The fourth-order valence-electron chi connectivity index (χ4n) is 3.36. The number of unbranched alkanes of at least 4 members (excludes halogenated alkanes) is 1. The van der Waals surface area contributed by atoms with E-state index in [1.807, 2.05) is 0 Å². The van der Waals surface area contributed by atoms with Crippen molar-refractivity contribution < 1.29 is 0 Å². The van der Waals surface area contributed by atoms with Crippen molar-refractivity contribution in [1.29, 1.82) is 0 Å². The van der Waals surface area contributed by atoms with Gasteiger partial charge >= 0.3 is 0 Å². The number of likely N-dealkylation sites (N-methyl/N-ethyl adjacent to an activating group) is 1. The second kappa shape index (κ2) is 7.78. The third kappa shape index (κ3) is 3.71. The molecule has 3 nitrogen and oxygen atoms in total. The molecule has 104 valence electrons. The summed E-state index contributed by atoms with van der Waals surface area (Å²) in [6.07, 6.45) is 16.1. The first-order chi connectivity index (χ1) is 8.67. The smallest absolute Gasteiger partial charge is 0.0394 e. The van der Waals surface area contributed by atoms with Crippen molar-refractivity contribution in [3.05, 3.63) is 0 Å². The highest BCUT2D eigenvalue weighted by atomic mass is 15.3. The van der Waals surface area contributed by atoms with Gasteiger partial charge in [-0.25, -0.2) is 0 Å². The zero-order valence-electron chi connectivity index (χ0n) is 12.0. The van der Waals surface area contributed by atoms with Gasteiger partial charge in [-0.1, -0.05) is 25.7 Å². The highest BCUT2D eigenvalue weighted by Crippen LogP contribution is 2.35. The van der Waals surface area contributed by atoms with Crippen molar-refractivity contribution >= 4 is 0 Å². The topological polar surface area (TPSA) is 41.3 Å². The lowest BCUT2D eigenvalue weighted by Gasteiger charge is -2.45. The summed E-state index contributed by atoms with van der Waals surface area (Å²) in [6.45, 7) is 0. The third-order valence-corrected chi connectivity index (χ3v) is 4.52. The summed E-state index contributed by atoms with van der Waals surface area (Å²) >= 11 is 0. The van der Waals surface area contributed by atoms with Gasteiger partial charge in [0.15, 0.2) is 0 Å². The molecule has 0 aliphatic heterocycles. The molecule has 0 aromatic heterocycles. The van der Waals surface area contributed by atoms with E-state index in [9.17, 15) is 0 Å². The monoisotopic (exact) mass is 251 g/mol. The second-order valence-corrected chi connectivity index (χ2v) is 5.73. The first-order valence-corrected chi connectivity index (χ1v) is 7.24. The third-order valence-electron chi connectivity index (χ3n) is 4.52. The van der Waals surface area contributed by atoms with Crippen LogP contribution in [0.2, 0.25) is 0 Å². The van der Waals surface area contributed by atoms with Crippen LogP contribution < -0.4 is 11.3 Å². The van der Waals surface area contributed by atoms with Crippen LogP contribution >= 0.6 is 0 Å². The maximum Gasteiger partial charge on any atom is 0.0394 e. The predicted octanol–water partition coefficient (Wildman–Crippen LogP) is 2.28. The summed E-state index contributed by atoms with van der Waals surface area (Å²) in [6, 6.07) is 0.346. The van der Waals surface area contributed by atoms with Gasteiger partial charge in [0.05, 0.1) is 0 Å². The Balaban J connectivity index is 2.75. The van der Waals surface area contributed by atoms with Crippen LogP contribution in [0.15, 0.2) is 0 Å². The average molecular weight is 251 g/mol. The number of terminal acetylenes is 1. The van der Waals surface area contributed by atoms with E-state index in [0.29, 0.717) is 6.04 Å². The van der Waals surface area contributed by atoms with Crippen molar-refractivity contribution in [2.45, 2.75) is 69.4 Å². The van der Waals surface area contributed by atoms with Crippen LogP contribution in [-0.4, -0.2) is 30.6 Å². The van der Waals surface area contributed by atoms with E-state index >= 15 is 0 Å². The molecular formula is C15H29N3. The Kier molecular flexibility index (Phi) is 6.70. The summed E-state index contributed by atoms with van der Waals surface area (Å²) in [5.74, 6) is 8.55. The molecule has 0 heterocycles. The van der Waals surface area contributed by atoms with Gasteiger partial charge in [0, 0.05) is 18.0 Å². The molecule has 0 saturated heterocycles. The molecule has 1 fully saturated rings. The van der Waals surface area contributed by atoms with Gasteiger partial charge in [-0.15, -0.1) is 12.3 Å². The van der Waals surface area contributed by atoms with Crippen molar-refractivity contribution in [3.8, 4) is 12.3 Å². The molecule has 0 aromatic rings. The Morgan fingerprint density at radius 2 is 1.89 bits per heavy atom. The SMILES string of the molecule is C#CCCCC(NN)C1(N(C)C)CCCCCC1. The van der Waals surface area contributed by atoms with Crippen molar-refractivity contribution in [3.63, 3.8) is 0 Å². The molecule has 0 spiro atoms. The van der Waals surface area contributed by atoms with E-state index < -0.39 is 0 Å². The van der Waals surface area contributed by atoms with E-state index in [4.69, 9.17) is 12.3 Å². The lowest BCUT2D eigenvalue weighted by Crippen LogP contribution is -2.60. The molecule has 1 saturated carbocycles. The number of hydrogen-bond donors (Lipinski definition) is 2. The molecule has 1 rings (SSSR count). The summed E-state index contributed by atoms with van der Waals surface area (Å²) in [5.41, 5.74) is 3.28. The minimum absolute atomic E-state index is 0.208. The molecule has 0 aromatic carbocycles. The molecule has 1 aliphatic carbocycles. The molecule has 3 heteroatoms. The Hall–Kier alpha value is -0.560. The number of nitrogens with two attached hydrogens (primary N) is 1. The van der Waals surface area contributed by atoms with Gasteiger partial charge in [0.2, 0.25) is 0 Å². The maximum atomic E-state index is 5.83. The summed E-state index contributed by atoms with van der Waals surface area (Å²) < 4.78 is 0. The lowest BCUT2D eigenvalue weighted by atomic mass is 9.79. The summed E-state index contributed by atoms with van der Waals surface area (Å²) in [4.78, 5) is 2.39. The van der Waals surface area contributed by atoms with Gasteiger partial charge in [-0.05, 0) is 39.8 Å². The highest BCUT2D eigenvalue weighted by Gasteiger charge is 2.39. The Bertz CT molecular complexity index is 259. The minimum Gasteiger partial charge on any atom is -0.302 e. The van der Waals surface area contributed by atoms with Crippen molar-refractivity contribution in [1.82, 2.24) is 10.3 Å². The zero-order chi connectivity index (χ0) is 13.4. The van der Waals surface area contributed by atoms with E-state index in [1.165, 1.54) is 38.5 Å². The van der Waals surface area contributed by atoms with E-state index in [2.05, 4.69) is 30.3 Å². The van der Waals surface area contributed by atoms with Gasteiger partial charge in [-0.3, -0.25) is 11.3 Å². The first-order valence-electron chi connectivity index (χ1n) is 7.24. The van der Waals surface area contributed by atoms with Crippen LogP contribution in [0.25, 0.3) is 0 Å². The molecular weight excluding hydrogens is 222 g/mol. The minimum atomic E-state index is 0.208. The quantitative estimate of drug-likeness (QED) is 0.250. The van der Waals surface area contributed by atoms with Crippen LogP contribution in [0.4, 0.5) is 0 Å². The summed E-state index contributed by atoms with van der Waals surface area (Å²) in [5, 5.41) is 0. The average Bonchev–Trinajstić information content (AvgIpc) is 2.61. The molecule has 0 bridgehead atoms. The number of nitrogens with zero attached hydrogens (tertiary/aromatic N) is 1. The van der Waals surface area contributed by atoms with Crippen LogP contribution in [-0.2, 0) is 0 Å². The van der Waals surface area contributed by atoms with Gasteiger partial charge in [0.25, 0.3) is 0 Å². The molecule has 0 amide bonds. The number of nitrogens with one attached hydrogen (secondary N) is 1. The standard InChI is InChI=1S/C15H29N3/c1-4-5-8-11-14(17-16)15(18(2)3)12-9-6-7-10-13-15/h1,14,17H,5-13,16H2,2-3H3. The Morgan fingerprint density at radius 3 is 2.33 bits per heavy atom. The van der Waals surface area contributed by atoms with E-state index in [-0.39, 0.29) is 5.54 Å². The van der Waals surface area contributed by atoms with Crippen LogP contribution in [0.5, 0.6) is 0 Å². The predicted molar refractivity (Wildman–Crippen MR) is 77.9 cm³/mol. The number of hydrazine groups is 1. The maximum absolute atomic E-state index is 5.83. The van der Waals surface area contributed by atoms with Crippen LogP contribution in [0.3, 0.4) is 0 Å². The Morgan fingerprint density at radius 1 is 1.28 bits per heavy atom. The van der Waals surface area contributed by atoms with Gasteiger partial charge < -0.3 is 4.90 Å². The van der Waals surface area contributed by atoms with Gasteiger partial charge in [-0.2, -0.15) is 0 Å². The zero-order valence-corrected chi connectivity index (χ0v) is 12.0. The van der Waals surface area contributed by atoms with E-state index in [1.54, 1.807) is 0 Å². The van der Waals surface area contributed by atoms with Crippen molar-refractivity contribution in [2.24, 2.45) is 5.84 Å². The molecule has 0 radical (unpaired) electrons. The molecule has 18 heavy (non-hydrogen) atoms.